The van der Waals surface area contributed by atoms with E-state index in [0.29, 0.717) is 18.9 Å². The predicted molar refractivity (Wildman–Crippen MR) is 56.6 cm³/mol. The molecule has 0 radical (unpaired) electrons. The molecule has 1 aliphatic rings. The number of hydrogen-bond donors (Lipinski definition) is 1. The van der Waals surface area contributed by atoms with Gasteiger partial charge < -0.3 is 10.6 Å². The molecule has 0 bridgehead atoms. The van der Waals surface area contributed by atoms with E-state index in [1.54, 1.807) is 4.90 Å². The standard InChI is InChI=1S/C10H13F3N4/c1-6-15-8(10(11,12)13)4-9(16-6)17-3-2-7(14)5-17/h4,7H,2-3,5,14H2,1H3/t7-/m0/s1. The topological polar surface area (TPSA) is 55.0 Å². The number of alkyl halides is 3. The summed E-state index contributed by atoms with van der Waals surface area (Å²) >= 11 is 0. The van der Waals surface area contributed by atoms with Gasteiger partial charge in [-0.1, -0.05) is 0 Å². The fourth-order valence-corrected chi connectivity index (χ4v) is 1.85. The molecule has 1 aromatic heterocycles. The van der Waals surface area contributed by atoms with Crippen LogP contribution in [0.25, 0.3) is 0 Å². The van der Waals surface area contributed by atoms with Gasteiger partial charge in [-0.3, -0.25) is 0 Å². The third-order valence-corrected chi connectivity index (χ3v) is 2.66. The number of nitrogens with zero attached hydrogens (tertiary/aromatic N) is 3. The molecule has 2 rings (SSSR count). The Morgan fingerprint density at radius 2 is 2.12 bits per heavy atom. The Morgan fingerprint density at radius 1 is 1.41 bits per heavy atom. The highest BCUT2D eigenvalue weighted by molar-refractivity contribution is 5.42. The van der Waals surface area contributed by atoms with Crippen molar-refractivity contribution in [2.24, 2.45) is 5.73 Å². The van der Waals surface area contributed by atoms with Gasteiger partial charge in [0.2, 0.25) is 0 Å². The molecule has 1 atom stereocenters. The lowest BCUT2D eigenvalue weighted by molar-refractivity contribution is -0.141. The summed E-state index contributed by atoms with van der Waals surface area (Å²) in [5.41, 5.74) is 4.81. The molecule has 0 unspecified atom stereocenters. The van der Waals surface area contributed by atoms with Crippen molar-refractivity contribution in [2.45, 2.75) is 25.6 Å². The third kappa shape index (κ3) is 2.66. The van der Waals surface area contributed by atoms with E-state index in [1.807, 2.05) is 0 Å². The molecular formula is C10H13F3N4. The number of halogens is 3. The Morgan fingerprint density at radius 3 is 2.65 bits per heavy atom. The van der Waals surface area contributed by atoms with E-state index < -0.39 is 11.9 Å². The summed E-state index contributed by atoms with van der Waals surface area (Å²) in [6, 6.07) is 0.977. The first-order chi connectivity index (χ1) is 7.86. The number of nitrogens with two attached hydrogens (primary N) is 1. The molecule has 0 aliphatic carbocycles. The highest BCUT2D eigenvalue weighted by atomic mass is 19.4. The maximum absolute atomic E-state index is 12.6. The molecule has 0 spiro atoms. The van der Waals surface area contributed by atoms with Gasteiger partial charge >= 0.3 is 6.18 Å². The lowest BCUT2D eigenvalue weighted by Gasteiger charge is -2.18. The lowest BCUT2D eigenvalue weighted by atomic mass is 10.3. The van der Waals surface area contributed by atoms with Crippen molar-refractivity contribution in [3.05, 3.63) is 17.6 Å². The van der Waals surface area contributed by atoms with Crippen molar-refractivity contribution in [3.8, 4) is 0 Å². The van der Waals surface area contributed by atoms with Crippen LogP contribution < -0.4 is 10.6 Å². The van der Waals surface area contributed by atoms with E-state index >= 15 is 0 Å². The Kier molecular flexibility index (Phi) is 2.94. The second-order valence-electron chi connectivity index (χ2n) is 4.15. The summed E-state index contributed by atoms with van der Waals surface area (Å²) in [7, 11) is 0. The molecule has 2 heterocycles. The van der Waals surface area contributed by atoms with Crippen LogP contribution in [-0.4, -0.2) is 29.1 Å². The van der Waals surface area contributed by atoms with Gasteiger partial charge in [-0.2, -0.15) is 13.2 Å². The minimum Gasteiger partial charge on any atom is -0.355 e. The SMILES string of the molecule is Cc1nc(N2CC[C@H](N)C2)cc(C(F)(F)F)n1. The molecule has 0 aromatic carbocycles. The van der Waals surface area contributed by atoms with Gasteiger partial charge in [0.25, 0.3) is 0 Å². The average molecular weight is 246 g/mol. The number of aryl methyl sites for hydroxylation is 1. The van der Waals surface area contributed by atoms with Crippen LogP contribution in [0.3, 0.4) is 0 Å². The van der Waals surface area contributed by atoms with Crippen molar-refractivity contribution >= 4 is 5.82 Å². The normalized spacial score (nSPS) is 21.0. The third-order valence-electron chi connectivity index (χ3n) is 2.66. The number of aromatic nitrogens is 2. The van der Waals surface area contributed by atoms with Crippen molar-refractivity contribution in [1.82, 2.24) is 9.97 Å². The molecule has 94 valence electrons. The molecule has 0 amide bonds. The summed E-state index contributed by atoms with van der Waals surface area (Å²) in [4.78, 5) is 9.18. The van der Waals surface area contributed by atoms with Crippen molar-refractivity contribution in [2.75, 3.05) is 18.0 Å². The summed E-state index contributed by atoms with van der Waals surface area (Å²) in [6.07, 6.45) is -3.67. The largest absolute Gasteiger partial charge is 0.433 e. The minimum absolute atomic E-state index is 0.000363. The molecular weight excluding hydrogens is 233 g/mol. The highest BCUT2D eigenvalue weighted by Gasteiger charge is 2.34. The fourth-order valence-electron chi connectivity index (χ4n) is 1.85. The molecule has 2 N–H and O–H groups in total. The quantitative estimate of drug-likeness (QED) is 0.812. The van der Waals surface area contributed by atoms with Gasteiger partial charge in [0, 0.05) is 25.2 Å². The zero-order chi connectivity index (χ0) is 12.6. The molecule has 1 aliphatic heterocycles. The first kappa shape index (κ1) is 12.1. The first-order valence-corrected chi connectivity index (χ1v) is 5.29. The molecule has 7 heteroatoms. The van der Waals surface area contributed by atoms with Crippen LogP contribution in [0, 0.1) is 6.92 Å². The monoisotopic (exact) mass is 246 g/mol. The van der Waals surface area contributed by atoms with Crippen LogP contribution in [-0.2, 0) is 6.18 Å². The van der Waals surface area contributed by atoms with Gasteiger partial charge in [0.05, 0.1) is 0 Å². The Hall–Kier alpha value is -1.37. The van der Waals surface area contributed by atoms with Crippen molar-refractivity contribution < 1.29 is 13.2 Å². The van der Waals surface area contributed by atoms with Crippen LogP contribution in [0.1, 0.15) is 17.9 Å². The summed E-state index contributed by atoms with van der Waals surface area (Å²) in [6.45, 7) is 2.62. The van der Waals surface area contributed by atoms with E-state index in [-0.39, 0.29) is 11.9 Å². The van der Waals surface area contributed by atoms with Crippen LogP contribution in [0.2, 0.25) is 0 Å². The van der Waals surface area contributed by atoms with Gasteiger partial charge in [-0.25, -0.2) is 9.97 Å². The Bertz CT molecular complexity index is 419. The van der Waals surface area contributed by atoms with Crippen LogP contribution in [0.15, 0.2) is 6.07 Å². The van der Waals surface area contributed by atoms with Crippen molar-refractivity contribution in [3.63, 3.8) is 0 Å². The number of anilines is 1. The summed E-state index contributed by atoms with van der Waals surface area (Å²) < 4.78 is 37.7. The first-order valence-electron chi connectivity index (χ1n) is 5.29. The molecule has 17 heavy (non-hydrogen) atoms. The van der Waals surface area contributed by atoms with E-state index in [1.165, 1.54) is 6.92 Å². The van der Waals surface area contributed by atoms with E-state index in [2.05, 4.69) is 9.97 Å². The van der Waals surface area contributed by atoms with Crippen LogP contribution in [0.5, 0.6) is 0 Å². The minimum atomic E-state index is -4.44. The zero-order valence-electron chi connectivity index (χ0n) is 9.33. The predicted octanol–water partition coefficient (Wildman–Crippen LogP) is 1.34. The van der Waals surface area contributed by atoms with Crippen LogP contribution >= 0.6 is 0 Å². The fraction of sp³-hybridized carbons (Fsp3) is 0.600. The molecule has 1 fully saturated rings. The molecule has 4 nitrogen and oxygen atoms in total. The maximum atomic E-state index is 12.6. The molecule has 0 saturated carbocycles. The second-order valence-corrected chi connectivity index (χ2v) is 4.15. The van der Waals surface area contributed by atoms with Crippen molar-refractivity contribution in [1.29, 1.82) is 0 Å². The number of rotatable bonds is 1. The Balaban J connectivity index is 2.32. The van der Waals surface area contributed by atoms with Crippen LogP contribution in [0.4, 0.5) is 19.0 Å². The smallest absolute Gasteiger partial charge is 0.355 e. The summed E-state index contributed by atoms with van der Waals surface area (Å²) in [5, 5.41) is 0. The summed E-state index contributed by atoms with van der Waals surface area (Å²) in [5.74, 6) is 0.424. The highest BCUT2D eigenvalue weighted by Crippen LogP contribution is 2.30. The van der Waals surface area contributed by atoms with Gasteiger partial charge in [0.15, 0.2) is 0 Å². The number of hydrogen-bond acceptors (Lipinski definition) is 4. The average Bonchev–Trinajstić information content (AvgIpc) is 2.62. The lowest BCUT2D eigenvalue weighted by Crippen LogP contribution is -2.27. The van der Waals surface area contributed by atoms with Gasteiger partial charge in [-0.15, -0.1) is 0 Å². The Labute approximate surface area is 96.7 Å². The molecule has 1 saturated heterocycles. The van der Waals surface area contributed by atoms with Gasteiger partial charge in [-0.05, 0) is 13.3 Å². The second kappa shape index (κ2) is 4.14. The van der Waals surface area contributed by atoms with E-state index in [4.69, 9.17) is 5.73 Å². The van der Waals surface area contributed by atoms with E-state index in [9.17, 15) is 13.2 Å². The molecule has 1 aromatic rings. The van der Waals surface area contributed by atoms with Gasteiger partial charge in [0.1, 0.15) is 17.3 Å². The zero-order valence-corrected chi connectivity index (χ0v) is 9.33. The van der Waals surface area contributed by atoms with E-state index in [0.717, 1.165) is 12.5 Å². The maximum Gasteiger partial charge on any atom is 0.433 e.